The Morgan fingerprint density at radius 1 is 1.30 bits per heavy atom. The molecule has 0 N–H and O–H groups in total. The number of hydrogen-bond acceptors (Lipinski definition) is 4. The molecule has 108 valence electrons. The lowest BCUT2D eigenvalue weighted by Crippen LogP contribution is -2.22. The zero-order valence-electron chi connectivity index (χ0n) is 12.0. The van der Waals surface area contributed by atoms with Gasteiger partial charge in [0, 0.05) is 24.2 Å². The summed E-state index contributed by atoms with van der Waals surface area (Å²) < 4.78 is 17.2. The van der Waals surface area contributed by atoms with Crippen LogP contribution in [-0.4, -0.2) is 37.5 Å². The molecule has 5 nitrogen and oxygen atoms in total. The van der Waals surface area contributed by atoms with Crippen LogP contribution >= 0.6 is 0 Å². The fourth-order valence-electron chi connectivity index (χ4n) is 2.11. The average Bonchev–Trinajstić information content (AvgIpc) is 2.81. The van der Waals surface area contributed by atoms with Gasteiger partial charge in [-0.25, -0.2) is 0 Å². The number of methoxy groups -OCH3 is 2. The summed E-state index contributed by atoms with van der Waals surface area (Å²) in [5.41, 5.74) is 0.974. The van der Waals surface area contributed by atoms with E-state index < -0.39 is 0 Å². The van der Waals surface area contributed by atoms with Crippen LogP contribution in [0.1, 0.15) is 6.92 Å². The molecule has 2 aromatic rings. The Hall–Kier alpha value is -2.01. The Labute approximate surface area is 118 Å². The van der Waals surface area contributed by atoms with E-state index in [0.29, 0.717) is 6.61 Å². The van der Waals surface area contributed by atoms with E-state index in [2.05, 4.69) is 0 Å². The van der Waals surface area contributed by atoms with Crippen molar-refractivity contribution >= 4 is 16.9 Å². The molecular formula is C15H19NO4. The van der Waals surface area contributed by atoms with Crippen LogP contribution in [-0.2, 0) is 20.8 Å². The third-order valence-electron chi connectivity index (χ3n) is 3.01. The lowest BCUT2D eigenvalue weighted by molar-refractivity contribution is -0.151. The third kappa shape index (κ3) is 3.30. The normalized spacial score (nSPS) is 12.3. The predicted molar refractivity (Wildman–Crippen MR) is 75.9 cm³/mol. The van der Waals surface area contributed by atoms with Crippen molar-refractivity contribution in [2.24, 2.45) is 0 Å². The quantitative estimate of drug-likeness (QED) is 0.760. The van der Waals surface area contributed by atoms with Crippen molar-refractivity contribution in [3.8, 4) is 5.75 Å². The van der Waals surface area contributed by atoms with Crippen LogP contribution in [0.15, 0.2) is 30.5 Å². The SMILES string of the molecule is COCC(C)OC(=O)Cn1ccc2cc(OC)ccc21. The first kappa shape index (κ1) is 14.4. The largest absolute Gasteiger partial charge is 0.497 e. The van der Waals surface area contributed by atoms with Crippen LogP contribution < -0.4 is 4.74 Å². The van der Waals surface area contributed by atoms with E-state index in [9.17, 15) is 4.79 Å². The Kier molecular flexibility index (Phi) is 4.63. The molecule has 0 fully saturated rings. The average molecular weight is 277 g/mol. The van der Waals surface area contributed by atoms with Crippen molar-refractivity contribution in [2.45, 2.75) is 19.6 Å². The topological polar surface area (TPSA) is 49.7 Å². The molecule has 1 heterocycles. The number of benzene rings is 1. The highest BCUT2D eigenvalue weighted by Gasteiger charge is 2.11. The number of esters is 1. The van der Waals surface area contributed by atoms with Crippen molar-refractivity contribution in [1.29, 1.82) is 0 Å². The molecule has 0 bridgehead atoms. The van der Waals surface area contributed by atoms with Gasteiger partial charge in [0.15, 0.2) is 0 Å². The van der Waals surface area contributed by atoms with Gasteiger partial charge in [0.25, 0.3) is 0 Å². The summed E-state index contributed by atoms with van der Waals surface area (Å²) in [5.74, 6) is 0.523. The molecule has 0 saturated carbocycles. The number of nitrogens with zero attached hydrogens (tertiary/aromatic N) is 1. The second-order valence-electron chi connectivity index (χ2n) is 4.62. The summed E-state index contributed by atoms with van der Waals surface area (Å²) in [6.07, 6.45) is 1.63. The first-order valence-corrected chi connectivity index (χ1v) is 6.45. The van der Waals surface area contributed by atoms with Crippen LogP contribution in [0, 0.1) is 0 Å². The van der Waals surface area contributed by atoms with Gasteiger partial charge in [0.2, 0.25) is 0 Å². The summed E-state index contributed by atoms with van der Waals surface area (Å²) in [5, 5.41) is 1.03. The number of fused-ring (bicyclic) bond motifs is 1. The van der Waals surface area contributed by atoms with Crippen LogP contribution in [0.3, 0.4) is 0 Å². The molecule has 0 aliphatic carbocycles. The standard InChI is InChI=1S/C15H19NO4/c1-11(10-18-2)20-15(17)9-16-7-6-12-8-13(19-3)4-5-14(12)16/h4-8,11H,9-10H2,1-3H3. The second-order valence-corrected chi connectivity index (χ2v) is 4.62. The molecule has 1 unspecified atom stereocenters. The third-order valence-corrected chi connectivity index (χ3v) is 3.01. The summed E-state index contributed by atoms with van der Waals surface area (Å²) in [4.78, 5) is 11.8. The van der Waals surface area contributed by atoms with Crippen LogP contribution in [0.25, 0.3) is 10.9 Å². The Balaban J connectivity index is 2.08. The first-order chi connectivity index (χ1) is 9.63. The Bertz CT molecular complexity index is 591. The van der Waals surface area contributed by atoms with Gasteiger partial charge in [-0.2, -0.15) is 0 Å². The van der Waals surface area contributed by atoms with Gasteiger partial charge in [-0.3, -0.25) is 4.79 Å². The van der Waals surface area contributed by atoms with E-state index in [1.54, 1.807) is 21.1 Å². The van der Waals surface area contributed by atoms with Crippen molar-refractivity contribution in [2.75, 3.05) is 20.8 Å². The molecule has 1 aromatic heterocycles. The van der Waals surface area contributed by atoms with Gasteiger partial charge in [-0.1, -0.05) is 0 Å². The molecule has 20 heavy (non-hydrogen) atoms. The fourth-order valence-corrected chi connectivity index (χ4v) is 2.11. The molecule has 0 radical (unpaired) electrons. The van der Waals surface area contributed by atoms with Gasteiger partial charge < -0.3 is 18.8 Å². The summed E-state index contributed by atoms with van der Waals surface area (Å²) in [6.45, 7) is 2.39. The maximum atomic E-state index is 11.8. The molecule has 5 heteroatoms. The minimum Gasteiger partial charge on any atom is -0.497 e. The molecule has 2 rings (SSSR count). The molecule has 0 spiro atoms. The van der Waals surface area contributed by atoms with Gasteiger partial charge in [0.1, 0.15) is 18.4 Å². The lowest BCUT2D eigenvalue weighted by Gasteiger charge is -2.12. The van der Waals surface area contributed by atoms with Crippen molar-refractivity contribution in [1.82, 2.24) is 4.57 Å². The Morgan fingerprint density at radius 3 is 2.80 bits per heavy atom. The highest BCUT2D eigenvalue weighted by Crippen LogP contribution is 2.21. The van der Waals surface area contributed by atoms with Crippen LogP contribution in [0.4, 0.5) is 0 Å². The number of rotatable bonds is 6. The number of carbonyl (C=O) groups is 1. The van der Waals surface area contributed by atoms with Gasteiger partial charge >= 0.3 is 5.97 Å². The minimum atomic E-state index is -0.275. The summed E-state index contributed by atoms with van der Waals surface area (Å²) in [6, 6.07) is 7.69. The van der Waals surface area contributed by atoms with Crippen LogP contribution in [0.5, 0.6) is 5.75 Å². The maximum absolute atomic E-state index is 11.8. The van der Waals surface area contributed by atoms with E-state index in [4.69, 9.17) is 14.2 Å². The van der Waals surface area contributed by atoms with E-state index in [0.717, 1.165) is 16.7 Å². The summed E-state index contributed by atoms with van der Waals surface area (Å²) >= 11 is 0. The summed E-state index contributed by atoms with van der Waals surface area (Å²) in [7, 11) is 3.21. The minimum absolute atomic E-state index is 0.184. The Morgan fingerprint density at radius 2 is 2.10 bits per heavy atom. The molecule has 1 aromatic carbocycles. The fraction of sp³-hybridized carbons (Fsp3) is 0.400. The monoisotopic (exact) mass is 277 g/mol. The number of ether oxygens (including phenoxy) is 3. The highest BCUT2D eigenvalue weighted by molar-refractivity contribution is 5.83. The molecule has 0 amide bonds. The highest BCUT2D eigenvalue weighted by atomic mass is 16.6. The van der Waals surface area contributed by atoms with Crippen LogP contribution in [0.2, 0.25) is 0 Å². The van der Waals surface area contributed by atoms with Crippen molar-refractivity contribution in [3.63, 3.8) is 0 Å². The van der Waals surface area contributed by atoms with Gasteiger partial charge in [-0.15, -0.1) is 0 Å². The smallest absolute Gasteiger partial charge is 0.326 e. The molecular weight excluding hydrogens is 258 g/mol. The molecule has 0 aliphatic heterocycles. The number of hydrogen-bond donors (Lipinski definition) is 0. The lowest BCUT2D eigenvalue weighted by atomic mass is 10.2. The van der Waals surface area contributed by atoms with E-state index in [-0.39, 0.29) is 18.6 Å². The predicted octanol–water partition coefficient (Wildman–Crippen LogP) is 2.23. The molecule has 0 aliphatic rings. The van der Waals surface area contributed by atoms with E-state index in [1.165, 1.54) is 0 Å². The zero-order chi connectivity index (χ0) is 14.5. The second kappa shape index (κ2) is 6.43. The zero-order valence-corrected chi connectivity index (χ0v) is 12.0. The van der Waals surface area contributed by atoms with Gasteiger partial charge in [0.05, 0.1) is 13.7 Å². The maximum Gasteiger partial charge on any atom is 0.326 e. The molecule has 0 saturated heterocycles. The van der Waals surface area contributed by atoms with Crippen molar-refractivity contribution in [3.05, 3.63) is 30.5 Å². The number of aromatic nitrogens is 1. The first-order valence-electron chi connectivity index (χ1n) is 6.45. The van der Waals surface area contributed by atoms with Crippen molar-refractivity contribution < 1.29 is 19.0 Å². The van der Waals surface area contributed by atoms with E-state index >= 15 is 0 Å². The van der Waals surface area contributed by atoms with E-state index in [1.807, 2.05) is 35.0 Å². The molecule has 1 atom stereocenters. The number of carbonyl (C=O) groups excluding carboxylic acids is 1. The van der Waals surface area contributed by atoms with Gasteiger partial charge in [-0.05, 0) is 31.2 Å².